The largest absolute Gasteiger partial charge is 0.372 e. The highest BCUT2D eigenvalue weighted by Gasteiger charge is 2.34. The fourth-order valence-corrected chi connectivity index (χ4v) is 3.44. The highest BCUT2D eigenvalue weighted by Crippen LogP contribution is 2.39. The molecule has 4 nitrogen and oxygen atoms in total. The Bertz CT molecular complexity index is 844. The average Bonchev–Trinajstić information content (AvgIpc) is 2.79. The van der Waals surface area contributed by atoms with E-state index in [1.807, 2.05) is 49.4 Å². The molecule has 0 bridgehead atoms. The van der Waals surface area contributed by atoms with Crippen molar-refractivity contribution in [2.45, 2.75) is 13.0 Å². The third kappa shape index (κ3) is 2.35. The maximum atomic E-state index is 12.4. The normalized spacial score (nSPS) is 19.2. The molecular formula is C18H16ClN3O. The van der Waals surface area contributed by atoms with Crippen molar-refractivity contribution in [3.05, 3.63) is 69.9 Å². The quantitative estimate of drug-likeness (QED) is 0.750. The lowest BCUT2D eigenvalue weighted by Gasteiger charge is -2.22. The van der Waals surface area contributed by atoms with E-state index in [2.05, 4.69) is 16.0 Å². The molecule has 23 heavy (non-hydrogen) atoms. The molecule has 0 aliphatic carbocycles. The minimum Gasteiger partial charge on any atom is -0.372 e. The van der Waals surface area contributed by atoms with E-state index in [1.54, 1.807) is 0 Å². The number of para-hydroxylation sites is 2. The zero-order valence-electron chi connectivity index (χ0n) is 12.6. The Kier molecular flexibility index (Phi) is 3.27. The second-order valence-electron chi connectivity index (χ2n) is 5.82. The van der Waals surface area contributed by atoms with Gasteiger partial charge in [-0.05, 0) is 42.3 Å². The van der Waals surface area contributed by atoms with Crippen LogP contribution in [0, 0.1) is 6.92 Å². The number of benzene rings is 2. The molecule has 2 aromatic rings. The number of fused-ring (bicyclic) bond motifs is 1. The van der Waals surface area contributed by atoms with Crippen LogP contribution in [0.25, 0.3) is 0 Å². The lowest BCUT2D eigenvalue weighted by molar-refractivity contribution is -0.116. The van der Waals surface area contributed by atoms with Crippen LogP contribution in [0.2, 0.25) is 5.02 Å². The van der Waals surface area contributed by atoms with Gasteiger partial charge >= 0.3 is 0 Å². The van der Waals surface area contributed by atoms with E-state index in [0.29, 0.717) is 11.6 Å². The number of carbonyl (C=O) groups is 1. The van der Waals surface area contributed by atoms with Gasteiger partial charge in [0.05, 0.1) is 29.5 Å². The zero-order valence-corrected chi connectivity index (χ0v) is 13.4. The van der Waals surface area contributed by atoms with E-state index in [9.17, 15) is 4.79 Å². The van der Waals surface area contributed by atoms with Crippen molar-refractivity contribution in [2.75, 3.05) is 17.2 Å². The van der Waals surface area contributed by atoms with E-state index in [0.717, 1.165) is 33.8 Å². The van der Waals surface area contributed by atoms with Crippen molar-refractivity contribution in [3.63, 3.8) is 0 Å². The summed E-state index contributed by atoms with van der Waals surface area (Å²) in [5.41, 5.74) is 5.73. The van der Waals surface area contributed by atoms with Crippen molar-refractivity contribution in [1.82, 2.24) is 5.32 Å². The number of nitrogens with one attached hydrogen (secondary N) is 3. The number of carbonyl (C=O) groups excluding carboxylic acids is 1. The first-order valence-corrected chi connectivity index (χ1v) is 7.91. The number of halogens is 1. The Morgan fingerprint density at radius 1 is 1.13 bits per heavy atom. The van der Waals surface area contributed by atoms with Gasteiger partial charge in [-0.2, -0.15) is 0 Å². The monoisotopic (exact) mass is 325 g/mol. The second kappa shape index (κ2) is 5.32. The molecule has 3 N–H and O–H groups in total. The molecule has 116 valence electrons. The molecule has 0 saturated carbocycles. The minimum absolute atomic E-state index is 0.0350. The number of hydrogen-bond donors (Lipinski definition) is 3. The fourth-order valence-electron chi connectivity index (χ4n) is 3.22. The Morgan fingerprint density at radius 2 is 1.91 bits per heavy atom. The molecule has 4 rings (SSSR count). The van der Waals surface area contributed by atoms with Gasteiger partial charge in [0.2, 0.25) is 0 Å². The number of rotatable bonds is 1. The lowest BCUT2D eigenvalue weighted by atomic mass is 9.94. The standard InChI is InChI=1S/C18H16ClN3O/c1-10-8-11(19)6-7-12(10)17-16-15(9-20-18(16)23)21-13-4-2-3-5-14(13)22-17/h2-8,17,21-22H,9H2,1H3,(H,20,23). The summed E-state index contributed by atoms with van der Waals surface area (Å²) in [6.45, 7) is 2.54. The number of hydrogen-bond acceptors (Lipinski definition) is 3. The summed E-state index contributed by atoms with van der Waals surface area (Å²) < 4.78 is 0. The first-order valence-electron chi connectivity index (χ1n) is 7.53. The Labute approximate surface area is 139 Å². The third-order valence-corrected chi connectivity index (χ3v) is 4.57. The van der Waals surface area contributed by atoms with Crippen LogP contribution in [0.5, 0.6) is 0 Å². The second-order valence-corrected chi connectivity index (χ2v) is 6.26. The van der Waals surface area contributed by atoms with Gasteiger partial charge in [-0.3, -0.25) is 4.79 Å². The highest BCUT2D eigenvalue weighted by molar-refractivity contribution is 6.30. The van der Waals surface area contributed by atoms with Crippen LogP contribution in [-0.2, 0) is 4.79 Å². The first kappa shape index (κ1) is 14.2. The van der Waals surface area contributed by atoms with Crippen LogP contribution >= 0.6 is 11.6 Å². The van der Waals surface area contributed by atoms with Gasteiger partial charge in [0.25, 0.3) is 5.91 Å². The Balaban J connectivity index is 1.89. The molecule has 2 aliphatic heterocycles. The van der Waals surface area contributed by atoms with E-state index in [1.165, 1.54) is 0 Å². The van der Waals surface area contributed by atoms with Gasteiger partial charge in [-0.1, -0.05) is 29.8 Å². The third-order valence-electron chi connectivity index (χ3n) is 4.34. The van der Waals surface area contributed by atoms with E-state index in [-0.39, 0.29) is 11.9 Å². The molecule has 0 spiro atoms. The number of aryl methyl sites for hydroxylation is 1. The smallest absolute Gasteiger partial charge is 0.251 e. The van der Waals surface area contributed by atoms with Crippen molar-refractivity contribution >= 4 is 28.9 Å². The van der Waals surface area contributed by atoms with Crippen LogP contribution in [0.1, 0.15) is 17.2 Å². The summed E-state index contributed by atoms with van der Waals surface area (Å²) in [7, 11) is 0. The fraction of sp³-hybridized carbons (Fsp3) is 0.167. The zero-order chi connectivity index (χ0) is 16.0. The lowest BCUT2D eigenvalue weighted by Crippen LogP contribution is -2.24. The maximum absolute atomic E-state index is 12.4. The molecule has 2 aromatic carbocycles. The molecule has 2 aliphatic rings. The van der Waals surface area contributed by atoms with Crippen LogP contribution in [0.15, 0.2) is 53.7 Å². The molecule has 0 radical (unpaired) electrons. The molecule has 1 unspecified atom stereocenters. The van der Waals surface area contributed by atoms with Crippen molar-refractivity contribution in [1.29, 1.82) is 0 Å². The summed E-state index contributed by atoms with van der Waals surface area (Å²) >= 11 is 6.09. The molecule has 2 heterocycles. The molecule has 0 fully saturated rings. The van der Waals surface area contributed by atoms with Gasteiger partial charge in [0.1, 0.15) is 0 Å². The summed E-state index contributed by atoms with van der Waals surface area (Å²) in [5, 5.41) is 10.5. The predicted molar refractivity (Wildman–Crippen MR) is 92.7 cm³/mol. The van der Waals surface area contributed by atoms with Gasteiger partial charge < -0.3 is 16.0 Å². The molecule has 0 aromatic heterocycles. The van der Waals surface area contributed by atoms with Gasteiger partial charge in [-0.15, -0.1) is 0 Å². The SMILES string of the molecule is Cc1cc(Cl)ccc1C1Nc2ccccc2NC2=C1C(=O)NC2. The summed E-state index contributed by atoms with van der Waals surface area (Å²) in [5.74, 6) is -0.0350. The average molecular weight is 326 g/mol. The van der Waals surface area contributed by atoms with Crippen LogP contribution in [0.4, 0.5) is 11.4 Å². The maximum Gasteiger partial charge on any atom is 0.251 e. The van der Waals surface area contributed by atoms with E-state index < -0.39 is 0 Å². The molecule has 1 atom stereocenters. The topological polar surface area (TPSA) is 53.2 Å². The molecule has 1 amide bonds. The van der Waals surface area contributed by atoms with Crippen LogP contribution in [-0.4, -0.2) is 12.5 Å². The van der Waals surface area contributed by atoms with Gasteiger partial charge in [0.15, 0.2) is 0 Å². The number of anilines is 2. The summed E-state index contributed by atoms with van der Waals surface area (Å²) in [6, 6.07) is 13.5. The minimum atomic E-state index is -0.207. The van der Waals surface area contributed by atoms with Crippen LogP contribution < -0.4 is 16.0 Å². The van der Waals surface area contributed by atoms with Crippen LogP contribution in [0.3, 0.4) is 0 Å². The predicted octanol–water partition coefficient (Wildman–Crippen LogP) is 3.61. The van der Waals surface area contributed by atoms with Crippen molar-refractivity contribution in [2.24, 2.45) is 0 Å². The van der Waals surface area contributed by atoms with Gasteiger partial charge in [0, 0.05) is 10.7 Å². The van der Waals surface area contributed by atoms with Gasteiger partial charge in [-0.25, -0.2) is 0 Å². The van der Waals surface area contributed by atoms with E-state index >= 15 is 0 Å². The highest BCUT2D eigenvalue weighted by atomic mass is 35.5. The number of amides is 1. The summed E-state index contributed by atoms with van der Waals surface area (Å²) in [6.07, 6.45) is 0. The Hall–Kier alpha value is -2.46. The van der Waals surface area contributed by atoms with E-state index in [4.69, 9.17) is 11.6 Å². The molecule has 0 saturated heterocycles. The molecular weight excluding hydrogens is 310 g/mol. The van der Waals surface area contributed by atoms with Crippen molar-refractivity contribution in [3.8, 4) is 0 Å². The molecule has 5 heteroatoms. The Morgan fingerprint density at radius 3 is 2.70 bits per heavy atom. The van der Waals surface area contributed by atoms with Crippen molar-refractivity contribution < 1.29 is 4.79 Å². The first-order chi connectivity index (χ1) is 11.1. The summed E-state index contributed by atoms with van der Waals surface area (Å²) in [4.78, 5) is 12.4.